The van der Waals surface area contributed by atoms with E-state index in [1.165, 1.54) is 0 Å². The molecule has 0 unspecified atom stereocenters. The van der Waals surface area contributed by atoms with Crippen LogP contribution in [0.15, 0.2) is 66.7 Å². The van der Waals surface area contributed by atoms with Gasteiger partial charge in [0.25, 0.3) is 0 Å². The van der Waals surface area contributed by atoms with Gasteiger partial charge in [-0.2, -0.15) is 0 Å². The molecule has 32 heavy (non-hydrogen) atoms. The first-order chi connectivity index (χ1) is 15.7. The topological polar surface area (TPSA) is 74.4 Å². The maximum atomic E-state index is 11.7. The Balaban J connectivity index is 1.69. The Morgan fingerprint density at radius 2 is 1.25 bits per heavy atom. The van der Waals surface area contributed by atoms with E-state index in [4.69, 9.17) is 4.98 Å². The van der Waals surface area contributed by atoms with Crippen molar-refractivity contribution in [3.8, 4) is 11.1 Å². The van der Waals surface area contributed by atoms with Gasteiger partial charge in [0, 0.05) is 0 Å². The van der Waals surface area contributed by atoms with Crippen molar-refractivity contribution in [2.75, 3.05) is 0 Å². The molecule has 0 fully saturated rings. The Morgan fingerprint density at radius 3 is 2.00 bits per heavy atom. The molecule has 1 aromatic carbocycles. The minimum atomic E-state index is 0.651. The van der Waals surface area contributed by atoms with Crippen LogP contribution in [-0.4, -0.2) is 27.1 Å². The molecule has 5 nitrogen and oxygen atoms in total. The normalized spacial score (nSPS) is 12.1. The predicted molar refractivity (Wildman–Crippen MR) is 130 cm³/mol. The number of aromatic nitrogens is 4. The van der Waals surface area contributed by atoms with Crippen molar-refractivity contribution in [1.29, 1.82) is 0 Å². The van der Waals surface area contributed by atoms with Gasteiger partial charge in [0.15, 0.2) is 0 Å². The SMILES string of the molecule is O=Bc1ccccc1-c1cc2cc3ccc(cc4nc(cc5nc(cc1[nH]2)C=C5)C=C4)[nH]3. The molecule has 150 valence electrons. The average molecular weight is 412 g/mol. The molecule has 8 bridgehead atoms. The van der Waals surface area contributed by atoms with Crippen LogP contribution in [0.2, 0.25) is 0 Å². The van der Waals surface area contributed by atoms with E-state index < -0.39 is 0 Å². The quantitative estimate of drug-likeness (QED) is 0.393. The third-order valence-electron chi connectivity index (χ3n) is 5.55. The number of nitrogens with one attached hydrogen (secondary N) is 2. The molecule has 0 radical (unpaired) electrons. The number of hydrogen-bond acceptors (Lipinski definition) is 3. The molecule has 0 amide bonds. The molecule has 0 spiro atoms. The molecule has 0 atom stereocenters. The summed E-state index contributed by atoms with van der Waals surface area (Å²) >= 11 is 0. The molecular weight excluding hydrogens is 395 g/mol. The van der Waals surface area contributed by atoms with Crippen LogP contribution in [0, 0.1) is 0 Å². The summed E-state index contributed by atoms with van der Waals surface area (Å²) in [6.07, 6.45) is 7.95. The monoisotopic (exact) mass is 412 g/mol. The van der Waals surface area contributed by atoms with Crippen molar-refractivity contribution in [1.82, 2.24) is 19.9 Å². The maximum absolute atomic E-state index is 11.7. The van der Waals surface area contributed by atoms with E-state index in [1.807, 2.05) is 78.9 Å². The van der Waals surface area contributed by atoms with Crippen molar-refractivity contribution in [3.63, 3.8) is 0 Å². The standard InChI is InChI=1S/C26H17BN4O/c32-27-25-4-2-1-3-23(25)24-14-22-13-20-8-7-18(29-20)11-16-5-6-17(28-16)12-19-9-10-21(30-19)15-26(24)31-22/h1-15,29,31H. The van der Waals surface area contributed by atoms with Gasteiger partial charge in [-0.05, 0) is 0 Å². The summed E-state index contributed by atoms with van der Waals surface area (Å²) in [5.41, 5.74) is 9.72. The Kier molecular flexibility index (Phi) is 4.28. The summed E-state index contributed by atoms with van der Waals surface area (Å²) in [6.45, 7) is 0. The molecule has 2 N–H and O–H groups in total. The van der Waals surface area contributed by atoms with Crippen molar-refractivity contribution in [3.05, 3.63) is 89.5 Å². The van der Waals surface area contributed by atoms with E-state index in [2.05, 4.69) is 27.1 Å². The van der Waals surface area contributed by atoms with Gasteiger partial charge in [-0.1, -0.05) is 0 Å². The molecule has 2 aliphatic rings. The van der Waals surface area contributed by atoms with Crippen LogP contribution in [0.5, 0.6) is 0 Å². The fourth-order valence-corrected chi connectivity index (χ4v) is 4.09. The summed E-state index contributed by atoms with van der Waals surface area (Å²) in [5, 5.41) is 0. The van der Waals surface area contributed by atoms with Crippen LogP contribution in [0.3, 0.4) is 0 Å². The van der Waals surface area contributed by atoms with E-state index in [0.717, 1.165) is 63.1 Å². The second-order valence-corrected chi connectivity index (χ2v) is 7.79. The Hall–Kier alpha value is -4.32. The van der Waals surface area contributed by atoms with Gasteiger partial charge < -0.3 is 0 Å². The van der Waals surface area contributed by atoms with Gasteiger partial charge >= 0.3 is 184 Å². The number of hydrogen-bond donors (Lipinski definition) is 2. The van der Waals surface area contributed by atoms with Gasteiger partial charge in [0.2, 0.25) is 0 Å². The molecule has 2 aliphatic heterocycles. The van der Waals surface area contributed by atoms with Gasteiger partial charge in [-0.15, -0.1) is 0 Å². The molecule has 0 saturated heterocycles. The van der Waals surface area contributed by atoms with Crippen molar-refractivity contribution >= 4 is 59.0 Å². The van der Waals surface area contributed by atoms with Gasteiger partial charge in [-0.25, -0.2) is 0 Å². The van der Waals surface area contributed by atoms with Crippen LogP contribution < -0.4 is 5.46 Å². The van der Waals surface area contributed by atoms with E-state index in [-0.39, 0.29) is 0 Å². The Labute approximate surface area is 184 Å². The van der Waals surface area contributed by atoms with Crippen molar-refractivity contribution in [2.24, 2.45) is 0 Å². The first-order valence-corrected chi connectivity index (χ1v) is 10.4. The summed E-state index contributed by atoms with van der Waals surface area (Å²) in [7, 11) is 0.896. The molecule has 4 aromatic rings. The van der Waals surface area contributed by atoms with Crippen LogP contribution >= 0.6 is 0 Å². The molecule has 0 saturated carbocycles. The van der Waals surface area contributed by atoms with Gasteiger partial charge in [-0.3, -0.25) is 0 Å². The summed E-state index contributed by atoms with van der Waals surface area (Å²) < 4.78 is 11.7. The first-order valence-electron chi connectivity index (χ1n) is 10.4. The number of benzene rings is 1. The number of H-pyrrole nitrogens is 2. The Morgan fingerprint density at radius 1 is 0.594 bits per heavy atom. The molecule has 0 aliphatic carbocycles. The number of fused-ring (bicyclic) bond motifs is 8. The fraction of sp³-hybridized carbons (Fsp3) is 0. The van der Waals surface area contributed by atoms with E-state index in [1.54, 1.807) is 0 Å². The molecule has 3 aromatic heterocycles. The second-order valence-electron chi connectivity index (χ2n) is 7.79. The van der Waals surface area contributed by atoms with E-state index in [0.29, 0.717) is 5.46 Å². The van der Waals surface area contributed by atoms with E-state index >= 15 is 0 Å². The molecule has 6 rings (SSSR count). The number of rotatable bonds is 2. The summed E-state index contributed by atoms with van der Waals surface area (Å²) in [5.74, 6) is 0. The second kappa shape index (κ2) is 7.43. The van der Waals surface area contributed by atoms with Crippen LogP contribution in [0.1, 0.15) is 22.8 Å². The zero-order chi connectivity index (χ0) is 21.5. The zero-order valence-corrected chi connectivity index (χ0v) is 17.0. The molecule has 5 heterocycles. The molecular formula is C26H17BN4O. The predicted octanol–water partition coefficient (Wildman–Crippen LogP) is 5.00. The van der Waals surface area contributed by atoms with Crippen molar-refractivity contribution < 1.29 is 4.70 Å². The van der Waals surface area contributed by atoms with E-state index in [9.17, 15) is 4.70 Å². The summed E-state index contributed by atoms with van der Waals surface area (Å²) in [6, 6.07) is 21.8. The third kappa shape index (κ3) is 3.42. The number of aromatic amines is 2. The summed E-state index contributed by atoms with van der Waals surface area (Å²) in [4.78, 5) is 16.3. The van der Waals surface area contributed by atoms with Crippen LogP contribution in [-0.2, 0) is 4.70 Å². The number of nitrogens with zero attached hydrogens (tertiary/aromatic N) is 2. The van der Waals surface area contributed by atoms with Gasteiger partial charge in [0.05, 0.1) is 0 Å². The zero-order valence-electron chi connectivity index (χ0n) is 17.0. The van der Waals surface area contributed by atoms with Crippen LogP contribution in [0.25, 0.3) is 57.5 Å². The van der Waals surface area contributed by atoms with Crippen molar-refractivity contribution in [2.45, 2.75) is 0 Å². The molecule has 6 heteroatoms. The average Bonchev–Trinajstić information content (AvgIpc) is 3.59. The minimum absolute atomic E-state index is 0.651. The Bertz CT molecular complexity index is 1610. The third-order valence-corrected chi connectivity index (χ3v) is 5.55. The van der Waals surface area contributed by atoms with Crippen LogP contribution in [0.4, 0.5) is 0 Å². The fourth-order valence-electron chi connectivity index (χ4n) is 4.09. The first kappa shape index (κ1) is 18.5. The van der Waals surface area contributed by atoms with Gasteiger partial charge in [0.1, 0.15) is 0 Å².